The van der Waals surface area contributed by atoms with Crippen LogP contribution in [0.3, 0.4) is 0 Å². The molecule has 0 saturated heterocycles. The molecule has 0 spiro atoms. The molecule has 4 heteroatoms. The number of benzene rings is 1. The highest BCUT2D eigenvalue weighted by Crippen LogP contribution is 2.37. The summed E-state index contributed by atoms with van der Waals surface area (Å²) in [7, 11) is 0. The lowest BCUT2D eigenvalue weighted by Crippen LogP contribution is -2.28. The van der Waals surface area contributed by atoms with Gasteiger partial charge in [0.05, 0.1) is 12.1 Å². The third-order valence-corrected chi connectivity index (χ3v) is 3.14. The van der Waals surface area contributed by atoms with Crippen molar-refractivity contribution >= 4 is 12.4 Å². The fourth-order valence-electron chi connectivity index (χ4n) is 1.90. The van der Waals surface area contributed by atoms with Gasteiger partial charge in [0, 0.05) is 0 Å². The van der Waals surface area contributed by atoms with E-state index in [1.165, 1.54) is 6.07 Å². The van der Waals surface area contributed by atoms with Crippen molar-refractivity contribution in [3.63, 3.8) is 0 Å². The van der Waals surface area contributed by atoms with Gasteiger partial charge < -0.3 is 10.8 Å². The van der Waals surface area contributed by atoms with E-state index in [0.29, 0.717) is 11.5 Å². The van der Waals surface area contributed by atoms with Crippen LogP contribution < -0.4 is 5.73 Å². The largest absolute Gasteiger partial charge is 0.391 e. The van der Waals surface area contributed by atoms with Crippen LogP contribution in [0, 0.1) is 18.7 Å². The maximum atomic E-state index is 13.3. The molecule has 1 aromatic rings. The number of halogens is 2. The van der Waals surface area contributed by atoms with E-state index in [9.17, 15) is 9.50 Å². The van der Waals surface area contributed by atoms with Crippen LogP contribution in [0.25, 0.3) is 0 Å². The Morgan fingerprint density at radius 3 is 2.62 bits per heavy atom. The Morgan fingerprint density at radius 2 is 2.06 bits per heavy atom. The van der Waals surface area contributed by atoms with Crippen molar-refractivity contribution in [1.29, 1.82) is 0 Å². The molecule has 16 heavy (non-hydrogen) atoms. The highest BCUT2D eigenvalue weighted by molar-refractivity contribution is 5.85. The van der Waals surface area contributed by atoms with Crippen molar-refractivity contribution in [3.8, 4) is 0 Å². The van der Waals surface area contributed by atoms with Crippen LogP contribution in [0.5, 0.6) is 0 Å². The summed E-state index contributed by atoms with van der Waals surface area (Å²) in [6.07, 6.45) is 1.53. The molecule has 0 radical (unpaired) electrons. The van der Waals surface area contributed by atoms with Gasteiger partial charge >= 0.3 is 0 Å². The second-order valence-corrected chi connectivity index (χ2v) is 4.31. The summed E-state index contributed by atoms with van der Waals surface area (Å²) in [6.45, 7) is 1.70. The highest BCUT2D eigenvalue weighted by Gasteiger charge is 2.34. The number of nitrogens with two attached hydrogens (primary N) is 1. The zero-order valence-electron chi connectivity index (χ0n) is 9.19. The summed E-state index contributed by atoms with van der Waals surface area (Å²) in [5, 5.41) is 9.88. The van der Waals surface area contributed by atoms with Gasteiger partial charge in [0.1, 0.15) is 5.82 Å². The maximum Gasteiger partial charge on any atom is 0.126 e. The fraction of sp³-hybridized carbons (Fsp3) is 0.500. The van der Waals surface area contributed by atoms with E-state index in [-0.39, 0.29) is 18.2 Å². The molecule has 1 fully saturated rings. The van der Waals surface area contributed by atoms with E-state index in [1.54, 1.807) is 19.1 Å². The van der Waals surface area contributed by atoms with Gasteiger partial charge in [0.15, 0.2) is 0 Å². The third-order valence-electron chi connectivity index (χ3n) is 3.14. The number of aliphatic hydroxyl groups excluding tert-OH is 1. The molecule has 0 heterocycles. The minimum Gasteiger partial charge on any atom is -0.391 e. The normalized spacial score (nSPS) is 18.8. The molecule has 1 saturated carbocycles. The average Bonchev–Trinajstić information content (AvgIpc) is 3.03. The second kappa shape index (κ2) is 5.13. The summed E-state index contributed by atoms with van der Waals surface area (Å²) in [4.78, 5) is 0. The molecule has 2 nitrogen and oxygen atoms in total. The van der Waals surface area contributed by atoms with Crippen molar-refractivity contribution in [1.82, 2.24) is 0 Å². The summed E-state index contributed by atoms with van der Waals surface area (Å²) in [5.74, 6) is 0.0496. The van der Waals surface area contributed by atoms with E-state index in [0.717, 1.165) is 18.4 Å². The maximum absolute atomic E-state index is 13.3. The summed E-state index contributed by atoms with van der Waals surface area (Å²) in [6, 6.07) is 4.37. The molecular weight excluding hydrogens is 229 g/mol. The molecule has 3 N–H and O–H groups in total. The lowest BCUT2D eigenvalue weighted by Gasteiger charge is -2.20. The number of aliphatic hydroxyl groups is 1. The molecule has 0 unspecified atom stereocenters. The SMILES string of the molecule is Cc1c(F)cccc1[C@@H](N)[C@@H](O)C1CC1.Cl. The predicted octanol–water partition coefficient (Wildman–Crippen LogP) is 2.33. The lowest BCUT2D eigenvalue weighted by molar-refractivity contribution is 0.122. The first-order chi connectivity index (χ1) is 7.11. The van der Waals surface area contributed by atoms with Gasteiger partial charge in [-0.05, 0) is 42.9 Å². The quantitative estimate of drug-likeness (QED) is 0.859. The topological polar surface area (TPSA) is 46.2 Å². The van der Waals surface area contributed by atoms with Gasteiger partial charge in [0.2, 0.25) is 0 Å². The first-order valence-corrected chi connectivity index (χ1v) is 5.30. The second-order valence-electron chi connectivity index (χ2n) is 4.31. The van der Waals surface area contributed by atoms with Crippen LogP contribution in [0.15, 0.2) is 18.2 Å². The zero-order chi connectivity index (χ0) is 11.0. The molecule has 0 bridgehead atoms. The third kappa shape index (κ3) is 2.54. The van der Waals surface area contributed by atoms with Crippen LogP contribution in [0.4, 0.5) is 4.39 Å². The Hall–Kier alpha value is -0.640. The highest BCUT2D eigenvalue weighted by atomic mass is 35.5. The summed E-state index contributed by atoms with van der Waals surface area (Å²) in [5.41, 5.74) is 7.20. The van der Waals surface area contributed by atoms with Crippen molar-refractivity contribution in [2.24, 2.45) is 11.7 Å². The molecule has 90 valence electrons. The summed E-state index contributed by atoms with van der Waals surface area (Å²) < 4.78 is 13.3. The smallest absolute Gasteiger partial charge is 0.126 e. The number of hydrogen-bond acceptors (Lipinski definition) is 2. The van der Waals surface area contributed by atoms with E-state index in [4.69, 9.17) is 5.73 Å². The molecular formula is C12H17ClFNO. The molecule has 1 aromatic carbocycles. The van der Waals surface area contributed by atoms with E-state index >= 15 is 0 Å². The van der Waals surface area contributed by atoms with Crippen LogP contribution in [0.1, 0.15) is 30.0 Å². The first kappa shape index (κ1) is 13.4. The van der Waals surface area contributed by atoms with Crippen LogP contribution >= 0.6 is 12.4 Å². The van der Waals surface area contributed by atoms with Crippen LogP contribution in [-0.2, 0) is 0 Å². The molecule has 2 atom stereocenters. The van der Waals surface area contributed by atoms with Crippen molar-refractivity contribution < 1.29 is 9.50 Å². The molecule has 2 rings (SSSR count). The van der Waals surface area contributed by atoms with E-state index < -0.39 is 12.1 Å². The standard InChI is InChI=1S/C12H16FNO.ClH/c1-7-9(3-2-4-10(7)13)11(14)12(15)8-5-6-8;/h2-4,8,11-12,15H,5-6,14H2,1H3;1H/t11-,12+;/m1./s1. The zero-order valence-corrected chi connectivity index (χ0v) is 10.0. The molecule has 1 aliphatic rings. The average molecular weight is 246 g/mol. The number of hydrogen-bond donors (Lipinski definition) is 2. The Labute approximate surface area is 101 Å². The molecule has 0 aromatic heterocycles. The van der Waals surface area contributed by atoms with Gasteiger partial charge in [-0.15, -0.1) is 12.4 Å². The Morgan fingerprint density at radius 1 is 1.44 bits per heavy atom. The molecule has 0 aliphatic heterocycles. The molecule has 0 amide bonds. The minimum atomic E-state index is -0.537. The Bertz CT molecular complexity index is 368. The van der Waals surface area contributed by atoms with Crippen LogP contribution in [-0.4, -0.2) is 11.2 Å². The Kier molecular flexibility index (Phi) is 4.30. The van der Waals surface area contributed by atoms with Crippen molar-refractivity contribution in [3.05, 3.63) is 35.1 Å². The van der Waals surface area contributed by atoms with Gasteiger partial charge in [-0.25, -0.2) is 4.39 Å². The lowest BCUT2D eigenvalue weighted by atomic mass is 9.95. The Balaban J connectivity index is 0.00000128. The molecule has 1 aliphatic carbocycles. The van der Waals surface area contributed by atoms with Crippen molar-refractivity contribution in [2.75, 3.05) is 0 Å². The van der Waals surface area contributed by atoms with E-state index in [2.05, 4.69) is 0 Å². The number of rotatable bonds is 3. The first-order valence-electron chi connectivity index (χ1n) is 5.30. The monoisotopic (exact) mass is 245 g/mol. The summed E-state index contributed by atoms with van der Waals surface area (Å²) >= 11 is 0. The fourth-order valence-corrected chi connectivity index (χ4v) is 1.90. The van der Waals surface area contributed by atoms with Crippen LogP contribution in [0.2, 0.25) is 0 Å². The minimum absolute atomic E-state index is 0. The van der Waals surface area contributed by atoms with E-state index in [1.807, 2.05) is 0 Å². The van der Waals surface area contributed by atoms with Gasteiger partial charge in [0.25, 0.3) is 0 Å². The predicted molar refractivity (Wildman–Crippen MR) is 64.0 cm³/mol. The van der Waals surface area contributed by atoms with Gasteiger partial charge in [-0.1, -0.05) is 12.1 Å². The van der Waals surface area contributed by atoms with Gasteiger partial charge in [-0.3, -0.25) is 0 Å². The van der Waals surface area contributed by atoms with Gasteiger partial charge in [-0.2, -0.15) is 0 Å². The van der Waals surface area contributed by atoms with Crippen molar-refractivity contribution in [2.45, 2.75) is 31.9 Å².